The Labute approximate surface area is 222 Å². The highest BCUT2D eigenvalue weighted by Gasteiger charge is 2.33. The minimum absolute atomic E-state index is 0.0456. The van der Waals surface area contributed by atoms with Gasteiger partial charge in [0.1, 0.15) is 16.5 Å². The number of piperazine rings is 1. The Morgan fingerprint density at radius 2 is 1.73 bits per heavy atom. The number of carbonyl (C=O) groups excluding carboxylic acids is 2. The number of benzene rings is 2. The highest BCUT2D eigenvalue weighted by Crippen LogP contribution is 2.28. The maximum absolute atomic E-state index is 13.2. The molecular formula is C26H33ClFN3O5S. The van der Waals surface area contributed by atoms with Gasteiger partial charge in [-0.05, 0) is 49.7 Å². The lowest BCUT2D eigenvalue weighted by Crippen LogP contribution is -2.58. The van der Waals surface area contributed by atoms with E-state index in [-0.39, 0.29) is 46.1 Å². The standard InChI is InChI=1S/C26H33ClFN3O5S/c1-17-14-31(18(2)13-30(17)15-19-6-9-21(28)10-7-19)24(32)16-36-22-11-8-20(27)12-23(22)37(34,35)29-25(33)26(3,4)5/h6-12,17-18H,13-16H2,1-5H3,(H,29,33)/t17-,18+/m0/s1. The number of amides is 2. The first kappa shape index (κ1) is 28.9. The van der Waals surface area contributed by atoms with Gasteiger partial charge in [0.05, 0.1) is 0 Å². The summed E-state index contributed by atoms with van der Waals surface area (Å²) in [5, 5.41) is 0.141. The molecule has 0 saturated carbocycles. The van der Waals surface area contributed by atoms with E-state index < -0.39 is 21.3 Å². The summed E-state index contributed by atoms with van der Waals surface area (Å²) in [7, 11) is -4.29. The molecule has 0 aliphatic carbocycles. The minimum Gasteiger partial charge on any atom is -0.482 e. The van der Waals surface area contributed by atoms with Gasteiger partial charge in [0.25, 0.3) is 15.9 Å². The van der Waals surface area contributed by atoms with E-state index in [2.05, 4.69) is 4.90 Å². The van der Waals surface area contributed by atoms with Crippen molar-refractivity contribution in [2.75, 3.05) is 19.7 Å². The van der Waals surface area contributed by atoms with Gasteiger partial charge in [0.2, 0.25) is 5.91 Å². The molecule has 202 valence electrons. The monoisotopic (exact) mass is 553 g/mol. The molecule has 0 unspecified atom stereocenters. The summed E-state index contributed by atoms with van der Waals surface area (Å²) in [6.07, 6.45) is 0. The zero-order valence-corrected chi connectivity index (χ0v) is 23.2. The van der Waals surface area contributed by atoms with Gasteiger partial charge in [-0.3, -0.25) is 14.5 Å². The average molecular weight is 554 g/mol. The lowest BCUT2D eigenvalue weighted by molar-refractivity contribution is -0.139. The maximum Gasteiger partial charge on any atom is 0.267 e. The molecule has 2 amide bonds. The lowest BCUT2D eigenvalue weighted by atomic mass is 9.96. The summed E-state index contributed by atoms with van der Waals surface area (Å²) < 4.78 is 46.7. The number of carbonyl (C=O) groups is 2. The molecule has 2 aromatic carbocycles. The van der Waals surface area contributed by atoms with Crippen molar-refractivity contribution >= 4 is 33.4 Å². The Morgan fingerprint density at radius 1 is 1.08 bits per heavy atom. The zero-order chi connectivity index (χ0) is 27.5. The first-order valence-corrected chi connectivity index (χ1v) is 13.8. The molecule has 0 spiro atoms. The molecule has 0 radical (unpaired) electrons. The Hall–Kier alpha value is -2.69. The zero-order valence-electron chi connectivity index (χ0n) is 21.6. The Kier molecular flexibility index (Phi) is 8.87. The Bertz CT molecular complexity index is 1250. The third-order valence-corrected chi connectivity index (χ3v) is 7.78. The maximum atomic E-state index is 13.2. The molecule has 1 fully saturated rings. The van der Waals surface area contributed by atoms with Crippen molar-refractivity contribution in [3.8, 4) is 5.75 Å². The van der Waals surface area contributed by atoms with Crippen LogP contribution in [0.15, 0.2) is 47.4 Å². The summed E-state index contributed by atoms with van der Waals surface area (Å²) in [6.45, 7) is 10.0. The molecule has 0 bridgehead atoms. The fraction of sp³-hybridized carbons (Fsp3) is 0.462. The van der Waals surface area contributed by atoms with Gasteiger partial charge >= 0.3 is 0 Å². The average Bonchev–Trinajstić information content (AvgIpc) is 2.80. The summed E-state index contributed by atoms with van der Waals surface area (Å²) in [5.41, 5.74) is 0.0486. The van der Waals surface area contributed by atoms with E-state index >= 15 is 0 Å². The Morgan fingerprint density at radius 3 is 2.35 bits per heavy atom. The number of ether oxygens (including phenoxy) is 1. The molecule has 1 N–H and O–H groups in total. The number of rotatable bonds is 7. The number of halogens is 2. The van der Waals surface area contributed by atoms with Crippen LogP contribution < -0.4 is 9.46 Å². The SMILES string of the molecule is C[C@@H]1CN(Cc2ccc(F)cc2)[C@@H](C)CN1C(=O)COc1ccc(Cl)cc1S(=O)(=O)NC(=O)C(C)(C)C. The third-order valence-electron chi connectivity index (χ3n) is 6.19. The molecular weight excluding hydrogens is 521 g/mol. The van der Waals surface area contributed by atoms with Crippen molar-refractivity contribution in [3.05, 3.63) is 58.9 Å². The predicted octanol–water partition coefficient (Wildman–Crippen LogP) is 3.83. The van der Waals surface area contributed by atoms with Gasteiger partial charge in [0, 0.05) is 42.2 Å². The summed E-state index contributed by atoms with van der Waals surface area (Å²) in [6, 6.07) is 10.3. The van der Waals surface area contributed by atoms with Gasteiger partial charge in [-0.1, -0.05) is 44.5 Å². The van der Waals surface area contributed by atoms with E-state index in [0.717, 1.165) is 5.56 Å². The van der Waals surface area contributed by atoms with Gasteiger partial charge < -0.3 is 9.64 Å². The molecule has 8 nitrogen and oxygen atoms in total. The Balaban J connectivity index is 1.67. The van der Waals surface area contributed by atoms with Crippen LogP contribution in [0.4, 0.5) is 4.39 Å². The summed E-state index contributed by atoms with van der Waals surface area (Å²) in [4.78, 5) is 29.0. The smallest absolute Gasteiger partial charge is 0.267 e. The van der Waals surface area contributed by atoms with Crippen LogP contribution in [0.1, 0.15) is 40.2 Å². The van der Waals surface area contributed by atoms with Crippen LogP contribution in [-0.2, 0) is 26.2 Å². The van der Waals surface area contributed by atoms with E-state index in [4.69, 9.17) is 16.3 Å². The molecule has 2 aromatic rings. The number of sulfonamides is 1. The fourth-order valence-electron chi connectivity index (χ4n) is 3.95. The van der Waals surface area contributed by atoms with E-state index in [0.29, 0.717) is 19.6 Å². The van der Waals surface area contributed by atoms with Crippen molar-refractivity contribution in [2.24, 2.45) is 5.41 Å². The number of nitrogens with zero attached hydrogens (tertiary/aromatic N) is 2. The van der Waals surface area contributed by atoms with E-state index in [9.17, 15) is 22.4 Å². The van der Waals surface area contributed by atoms with E-state index in [1.807, 2.05) is 18.6 Å². The molecule has 2 atom stereocenters. The largest absolute Gasteiger partial charge is 0.482 e. The van der Waals surface area contributed by atoms with Crippen LogP contribution >= 0.6 is 11.6 Å². The second-order valence-electron chi connectivity index (χ2n) is 10.4. The van der Waals surface area contributed by atoms with Crippen LogP contribution in [-0.4, -0.2) is 61.8 Å². The number of nitrogens with one attached hydrogen (secondary N) is 1. The first-order valence-electron chi connectivity index (χ1n) is 11.9. The van der Waals surface area contributed by atoms with Crippen LogP contribution in [0.3, 0.4) is 0 Å². The molecule has 1 heterocycles. The van der Waals surface area contributed by atoms with Crippen molar-refractivity contribution in [1.29, 1.82) is 0 Å². The van der Waals surface area contributed by atoms with Gasteiger partial charge in [-0.2, -0.15) is 0 Å². The van der Waals surface area contributed by atoms with E-state index in [1.165, 1.54) is 30.3 Å². The molecule has 11 heteroatoms. The van der Waals surface area contributed by atoms with Crippen molar-refractivity contribution in [1.82, 2.24) is 14.5 Å². The van der Waals surface area contributed by atoms with Crippen LogP contribution in [0, 0.1) is 11.2 Å². The van der Waals surface area contributed by atoms with Gasteiger partial charge in [-0.15, -0.1) is 0 Å². The van der Waals surface area contributed by atoms with Gasteiger partial charge in [-0.25, -0.2) is 17.5 Å². The highest BCUT2D eigenvalue weighted by molar-refractivity contribution is 7.90. The first-order chi connectivity index (χ1) is 17.2. The van der Waals surface area contributed by atoms with Crippen molar-refractivity contribution in [3.63, 3.8) is 0 Å². The highest BCUT2D eigenvalue weighted by atomic mass is 35.5. The lowest BCUT2D eigenvalue weighted by Gasteiger charge is -2.44. The molecule has 1 aliphatic rings. The molecule has 1 saturated heterocycles. The second kappa shape index (κ2) is 11.4. The normalized spacial score (nSPS) is 18.9. The third kappa shape index (κ3) is 7.43. The van der Waals surface area contributed by atoms with Crippen LogP contribution in [0.25, 0.3) is 0 Å². The van der Waals surface area contributed by atoms with Crippen molar-refractivity contribution < 1.29 is 27.1 Å². The molecule has 3 rings (SSSR count). The topological polar surface area (TPSA) is 96.0 Å². The van der Waals surface area contributed by atoms with E-state index in [1.54, 1.807) is 37.8 Å². The minimum atomic E-state index is -4.29. The predicted molar refractivity (Wildman–Crippen MR) is 139 cm³/mol. The summed E-state index contributed by atoms with van der Waals surface area (Å²) >= 11 is 6.02. The van der Waals surface area contributed by atoms with Crippen LogP contribution in [0.2, 0.25) is 5.02 Å². The molecule has 1 aliphatic heterocycles. The molecule has 0 aromatic heterocycles. The van der Waals surface area contributed by atoms with Crippen LogP contribution in [0.5, 0.6) is 5.75 Å². The fourth-order valence-corrected chi connectivity index (χ4v) is 5.52. The van der Waals surface area contributed by atoms with Gasteiger partial charge in [0.15, 0.2) is 6.61 Å². The summed E-state index contributed by atoms with van der Waals surface area (Å²) in [5.74, 6) is -1.34. The van der Waals surface area contributed by atoms with Crippen molar-refractivity contribution in [2.45, 2.75) is 58.1 Å². The number of hydrogen-bond acceptors (Lipinski definition) is 6. The molecule has 37 heavy (non-hydrogen) atoms. The second-order valence-corrected chi connectivity index (χ2v) is 12.5. The number of hydrogen-bond donors (Lipinski definition) is 1. The quantitative estimate of drug-likeness (QED) is 0.560.